The molecular formula is C24H38N6O3. The summed E-state index contributed by atoms with van der Waals surface area (Å²) in [5, 5.41) is 0. The van der Waals surface area contributed by atoms with E-state index in [1.807, 2.05) is 12.1 Å². The first kappa shape index (κ1) is 25.0. The molecule has 0 amide bonds. The first-order chi connectivity index (χ1) is 16.0. The van der Waals surface area contributed by atoms with E-state index in [1.165, 1.54) is 0 Å². The Morgan fingerprint density at radius 1 is 0.909 bits per heavy atom. The van der Waals surface area contributed by atoms with E-state index in [1.54, 1.807) is 18.6 Å². The van der Waals surface area contributed by atoms with Crippen LogP contribution in [0.4, 0.5) is 5.82 Å². The summed E-state index contributed by atoms with van der Waals surface area (Å²) in [5.41, 5.74) is 0. The second-order valence-corrected chi connectivity index (χ2v) is 8.71. The lowest BCUT2D eigenvalue weighted by Gasteiger charge is -2.39. The third kappa shape index (κ3) is 8.01. The van der Waals surface area contributed by atoms with Crippen LogP contribution in [0.2, 0.25) is 0 Å². The zero-order valence-corrected chi connectivity index (χ0v) is 20.4. The molecule has 0 radical (unpaired) electrons. The summed E-state index contributed by atoms with van der Waals surface area (Å²) < 4.78 is 17.7. The van der Waals surface area contributed by atoms with Crippen molar-refractivity contribution in [3.05, 3.63) is 30.7 Å². The van der Waals surface area contributed by atoms with E-state index in [9.17, 15) is 0 Å². The maximum atomic E-state index is 5.95. The molecular weight excluding hydrogens is 420 g/mol. The Bertz CT molecular complexity index is 837. The van der Waals surface area contributed by atoms with Crippen LogP contribution in [0.3, 0.4) is 0 Å². The fourth-order valence-electron chi connectivity index (χ4n) is 3.83. The number of nitrogens with zero attached hydrogens (tertiary/aromatic N) is 6. The molecule has 0 spiro atoms. The van der Waals surface area contributed by atoms with Gasteiger partial charge in [-0.15, -0.1) is 0 Å². The average Bonchev–Trinajstić information content (AvgIpc) is 2.80. The smallest absolute Gasteiger partial charge is 0.257 e. The van der Waals surface area contributed by atoms with Crippen molar-refractivity contribution < 1.29 is 14.2 Å². The van der Waals surface area contributed by atoms with Gasteiger partial charge in [0, 0.05) is 44.3 Å². The molecule has 0 saturated carbocycles. The first-order valence-electron chi connectivity index (χ1n) is 11.8. The minimum Gasteiger partial charge on any atom is -0.484 e. The van der Waals surface area contributed by atoms with E-state index in [4.69, 9.17) is 14.2 Å². The Morgan fingerprint density at radius 2 is 1.67 bits per heavy atom. The molecule has 3 heterocycles. The predicted octanol–water partition coefficient (Wildman–Crippen LogP) is 2.58. The molecule has 9 heteroatoms. The average molecular weight is 459 g/mol. The second kappa shape index (κ2) is 13.2. The van der Waals surface area contributed by atoms with Gasteiger partial charge in [-0.25, -0.2) is 15.0 Å². The lowest BCUT2D eigenvalue weighted by atomic mass is 10.2. The van der Waals surface area contributed by atoms with Crippen molar-refractivity contribution >= 4 is 5.82 Å². The topological polar surface area (TPSA) is 76.1 Å². The first-order valence-corrected chi connectivity index (χ1v) is 11.8. The van der Waals surface area contributed by atoms with E-state index < -0.39 is 0 Å². The maximum Gasteiger partial charge on any atom is 0.257 e. The van der Waals surface area contributed by atoms with Crippen molar-refractivity contribution in [2.45, 2.75) is 32.2 Å². The maximum absolute atomic E-state index is 5.95. The van der Waals surface area contributed by atoms with Gasteiger partial charge in [0.2, 0.25) is 0 Å². The molecule has 1 aliphatic rings. The number of unbranched alkanes of at least 4 members (excludes halogenated alkanes) is 2. The molecule has 182 valence electrons. The number of hydrogen-bond acceptors (Lipinski definition) is 9. The molecule has 0 aliphatic carbocycles. The molecule has 0 unspecified atom stereocenters. The van der Waals surface area contributed by atoms with Crippen molar-refractivity contribution in [2.24, 2.45) is 0 Å². The van der Waals surface area contributed by atoms with Gasteiger partial charge in [-0.05, 0) is 66.0 Å². The second-order valence-electron chi connectivity index (χ2n) is 8.71. The van der Waals surface area contributed by atoms with Crippen molar-refractivity contribution in [3.63, 3.8) is 0 Å². The summed E-state index contributed by atoms with van der Waals surface area (Å²) in [6.07, 6.45) is 8.37. The largest absolute Gasteiger partial charge is 0.484 e. The number of hydrogen-bond donors (Lipinski definition) is 0. The van der Waals surface area contributed by atoms with Crippen LogP contribution in [-0.2, 0) is 0 Å². The predicted molar refractivity (Wildman–Crippen MR) is 129 cm³/mol. The van der Waals surface area contributed by atoms with Crippen LogP contribution < -0.4 is 19.1 Å². The van der Waals surface area contributed by atoms with Crippen LogP contribution in [0.15, 0.2) is 30.7 Å². The fraction of sp³-hybridized carbons (Fsp3) is 0.625. The van der Waals surface area contributed by atoms with Crippen molar-refractivity contribution in [1.29, 1.82) is 0 Å². The van der Waals surface area contributed by atoms with Gasteiger partial charge in [-0.1, -0.05) is 0 Å². The van der Waals surface area contributed by atoms with Crippen molar-refractivity contribution in [2.75, 3.05) is 72.0 Å². The highest BCUT2D eigenvalue weighted by Crippen LogP contribution is 2.27. The Balaban J connectivity index is 1.45. The van der Waals surface area contributed by atoms with Gasteiger partial charge >= 0.3 is 0 Å². The lowest BCUT2D eigenvalue weighted by Crippen LogP contribution is -2.51. The molecule has 3 rings (SSSR count). The number of pyridine rings is 1. The number of likely N-dealkylation sites (N-methyl/N-ethyl adjacent to an activating group) is 1. The zero-order chi connectivity index (χ0) is 23.5. The Hall–Kier alpha value is -2.65. The quantitative estimate of drug-likeness (QED) is 0.421. The van der Waals surface area contributed by atoms with Crippen molar-refractivity contribution in [1.82, 2.24) is 24.8 Å². The number of piperazine rings is 1. The number of anilines is 1. The van der Waals surface area contributed by atoms with Gasteiger partial charge in [0.05, 0.1) is 6.61 Å². The summed E-state index contributed by atoms with van der Waals surface area (Å²) in [6, 6.07) is 4.06. The Kier molecular flexibility index (Phi) is 9.96. The van der Waals surface area contributed by atoms with E-state index in [-0.39, 0.29) is 0 Å². The monoisotopic (exact) mass is 458 g/mol. The highest BCUT2D eigenvalue weighted by Gasteiger charge is 2.25. The minimum atomic E-state index is 0.344. The number of ether oxygens (including phenoxy) is 3. The normalized spacial score (nSPS) is 16.8. The molecule has 9 nitrogen and oxygen atoms in total. The van der Waals surface area contributed by atoms with Gasteiger partial charge in [0.25, 0.3) is 11.8 Å². The third-order valence-electron chi connectivity index (χ3n) is 5.55. The van der Waals surface area contributed by atoms with E-state index in [0.29, 0.717) is 43.4 Å². The zero-order valence-electron chi connectivity index (χ0n) is 20.4. The van der Waals surface area contributed by atoms with Gasteiger partial charge in [-0.2, -0.15) is 0 Å². The Morgan fingerprint density at radius 3 is 2.48 bits per heavy atom. The molecule has 0 aromatic carbocycles. The van der Waals surface area contributed by atoms with Crippen LogP contribution in [-0.4, -0.2) is 97.9 Å². The van der Waals surface area contributed by atoms with E-state index >= 15 is 0 Å². The third-order valence-corrected chi connectivity index (χ3v) is 5.55. The van der Waals surface area contributed by atoms with Crippen LogP contribution in [0.25, 0.3) is 0 Å². The van der Waals surface area contributed by atoms with Gasteiger partial charge in [0.1, 0.15) is 13.2 Å². The highest BCUT2D eigenvalue weighted by molar-refractivity contribution is 5.49. The molecule has 1 atom stereocenters. The number of aromatic nitrogens is 3. The minimum absolute atomic E-state index is 0.344. The van der Waals surface area contributed by atoms with Crippen LogP contribution in [0, 0.1) is 0 Å². The van der Waals surface area contributed by atoms with Crippen LogP contribution in [0.5, 0.6) is 17.5 Å². The van der Waals surface area contributed by atoms with E-state index in [2.05, 4.69) is 57.7 Å². The Labute approximate surface area is 197 Å². The lowest BCUT2D eigenvalue weighted by molar-refractivity contribution is 0.198. The van der Waals surface area contributed by atoms with Gasteiger partial charge < -0.3 is 28.9 Å². The van der Waals surface area contributed by atoms with Crippen LogP contribution >= 0.6 is 0 Å². The summed E-state index contributed by atoms with van der Waals surface area (Å²) in [5.74, 6) is 2.48. The summed E-state index contributed by atoms with van der Waals surface area (Å²) in [4.78, 5) is 20.1. The molecule has 2 aromatic heterocycles. The molecule has 1 saturated heterocycles. The van der Waals surface area contributed by atoms with Gasteiger partial charge in [0.15, 0.2) is 11.6 Å². The van der Waals surface area contributed by atoms with Crippen LogP contribution in [0.1, 0.15) is 26.2 Å². The standard InChI is InChI=1S/C24H38N6O3/c1-20-19-29(4)14-15-30(20)22-24(27-12-11-25-22)33-18-17-31-21-9-8-10-26-23(21)32-16-7-5-6-13-28(2)3/h8-12,20H,5-7,13-19H2,1-4H3/t20-/m1/s1. The fourth-order valence-corrected chi connectivity index (χ4v) is 3.83. The highest BCUT2D eigenvalue weighted by atomic mass is 16.5. The molecule has 0 N–H and O–H groups in total. The molecule has 1 aliphatic heterocycles. The number of rotatable bonds is 13. The summed E-state index contributed by atoms with van der Waals surface area (Å²) in [6.45, 7) is 7.51. The van der Waals surface area contributed by atoms with Gasteiger partial charge in [-0.3, -0.25) is 0 Å². The SMILES string of the molecule is C[C@@H]1CN(C)CCN1c1nccnc1OCCOc1cccnc1OCCCCCN(C)C. The van der Waals surface area contributed by atoms with Crippen molar-refractivity contribution in [3.8, 4) is 17.5 Å². The molecule has 1 fully saturated rings. The molecule has 33 heavy (non-hydrogen) atoms. The molecule has 0 bridgehead atoms. The summed E-state index contributed by atoms with van der Waals surface area (Å²) in [7, 11) is 6.33. The van der Waals surface area contributed by atoms with E-state index in [0.717, 1.165) is 51.3 Å². The summed E-state index contributed by atoms with van der Waals surface area (Å²) >= 11 is 0. The molecule has 2 aromatic rings.